The molecule has 0 saturated carbocycles. The minimum absolute atomic E-state index is 0.211. The van der Waals surface area contributed by atoms with Crippen molar-refractivity contribution in [1.29, 1.82) is 0 Å². The fourth-order valence-corrected chi connectivity index (χ4v) is 4.31. The van der Waals surface area contributed by atoms with E-state index in [-0.39, 0.29) is 11.5 Å². The van der Waals surface area contributed by atoms with E-state index in [1.54, 1.807) is 19.1 Å². The van der Waals surface area contributed by atoms with Crippen LogP contribution in [-0.2, 0) is 4.79 Å². The van der Waals surface area contributed by atoms with E-state index in [4.69, 9.17) is 5.11 Å². The molecule has 0 amide bonds. The first-order valence-corrected chi connectivity index (χ1v) is 15.0. The third-order valence-electron chi connectivity index (χ3n) is 7.32. The van der Waals surface area contributed by atoms with E-state index in [2.05, 4.69) is 96.2 Å². The van der Waals surface area contributed by atoms with Crippen LogP contribution in [0.2, 0.25) is 0 Å². The quantitative estimate of drug-likeness (QED) is 0.168. The highest BCUT2D eigenvalue weighted by Gasteiger charge is 2.34. The maximum absolute atomic E-state index is 10.8. The standard InChI is InChI=1S/C40H52O3/c1-30(18-12-20-32(3)21-13-22-33(4)24-15-25-36(7)39(42)43)16-10-11-17-31(2)19-14-23-34(5)26-28-37-35(6)27-29-38(41)40(37,8)9/h10-26,28,38,41H,27,29H2,1-9H3,(H,42,43)/b11-10+,18-12+,19-14+,21-13+,24-15+,28-26+,30-16+,31-17+,32-20+,33-22+,34-23+,36-25+/t38-/m1/s1. The zero-order chi connectivity index (χ0) is 32.4. The number of aliphatic carboxylic acids is 1. The van der Waals surface area contributed by atoms with E-state index in [9.17, 15) is 9.90 Å². The molecule has 0 bridgehead atoms. The average molecular weight is 581 g/mol. The first-order chi connectivity index (χ1) is 20.2. The summed E-state index contributed by atoms with van der Waals surface area (Å²) < 4.78 is 0. The molecule has 0 aromatic rings. The molecule has 1 aliphatic rings. The number of rotatable bonds is 13. The summed E-state index contributed by atoms with van der Waals surface area (Å²) in [6.45, 7) is 18.3. The number of aliphatic hydroxyl groups excluding tert-OH is 1. The normalized spacial score (nSPS) is 20.5. The van der Waals surface area contributed by atoms with Crippen molar-refractivity contribution in [3.05, 3.63) is 154 Å². The Morgan fingerprint density at radius 2 is 1.02 bits per heavy atom. The molecule has 1 aliphatic carbocycles. The lowest BCUT2D eigenvalue weighted by atomic mass is 9.70. The summed E-state index contributed by atoms with van der Waals surface area (Å²) in [5, 5.41) is 19.3. The van der Waals surface area contributed by atoms with Gasteiger partial charge in [0.25, 0.3) is 0 Å². The lowest BCUT2D eigenvalue weighted by Gasteiger charge is -2.37. The molecule has 0 aromatic carbocycles. The van der Waals surface area contributed by atoms with E-state index in [0.29, 0.717) is 5.57 Å². The van der Waals surface area contributed by atoms with Crippen LogP contribution in [0.3, 0.4) is 0 Å². The Kier molecular flexibility index (Phi) is 16.6. The molecule has 0 spiro atoms. The third kappa shape index (κ3) is 15.2. The van der Waals surface area contributed by atoms with Gasteiger partial charge in [0.15, 0.2) is 0 Å². The van der Waals surface area contributed by atoms with Gasteiger partial charge in [0.2, 0.25) is 0 Å². The van der Waals surface area contributed by atoms with Crippen molar-refractivity contribution in [3.8, 4) is 0 Å². The van der Waals surface area contributed by atoms with Gasteiger partial charge in [0.05, 0.1) is 6.10 Å². The monoisotopic (exact) mass is 580 g/mol. The average Bonchev–Trinajstić information content (AvgIpc) is 2.93. The number of carbonyl (C=O) groups is 1. The van der Waals surface area contributed by atoms with E-state index in [1.165, 1.54) is 16.7 Å². The van der Waals surface area contributed by atoms with Crippen LogP contribution in [0.25, 0.3) is 0 Å². The highest BCUT2D eigenvalue weighted by Crippen LogP contribution is 2.41. The van der Waals surface area contributed by atoms with Crippen molar-refractivity contribution < 1.29 is 15.0 Å². The van der Waals surface area contributed by atoms with Crippen LogP contribution in [0.15, 0.2) is 154 Å². The van der Waals surface area contributed by atoms with Gasteiger partial charge in [-0.15, -0.1) is 0 Å². The van der Waals surface area contributed by atoms with E-state index in [0.717, 1.165) is 35.1 Å². The van der Waals surface area contributed by atoms with Crippen LogP contribution in [0.4, 0.5) is 0 Å². The Labute approximate surface area is 261 Å². The SMILES string of the molecule is CC1=C(/C=C/C(C)=C/C=C/C(C)=C/C=C/C=C(C)/C=C/C=C(C)/C=C/C=C(C)/C=C/C=C(\C)C(=O)O)C(C)(C)[C@H](O)CC1. The molecule has 0 unspecified atom stereocenters. The van der Waals surface area contributed by atoms with Crippen LogP contribution >= 0.6 is 0 Å². The summed E-state index contributed by atoms with van der Waals surface area (Å²) in [5.74, 6) is -0.907. The van der Waals surface area contributed by atoms with Gasteiger partial charge >= 0.3 is 5.97 Å². The van der Waals surface area contributed by atoms with Gasteiger partial charge in [-0.1, -0.05) is 157 Å². The van der Waals surface area contributed by atoms with Gasteiger partial charge < -0.3 is 10.2 Å². The Hall–Kier alpha value is -3.95. The van der Waals surface area contributed by atoms with Gasteiger partial charge in [0.1, 0.15) is 0 Å². The predicted octanol–water partition coefficient (Wildman–Crippen LogP) is 10.6. The van der Waals surface area contributed by atoms with Crippen molar-refractivity contribution in [3.63, 3.8) is 0 Å². The molecule has 3 heteroatoms. The first kappa shape index (κ1) is 37.1. The van der Waals surface area contributed by atoms with E-state index < -0.39 is 5.97 Å². The second-order valence-corrected chi connectivity index (χ2v) is 11.8. The van der Waals surface area contributed by atoms with E-state index >= 15 is 0 Å². The summed E-state index contributed by atoms with van der Waals surface area (Å²) in [6.07, 6.45) is 37.8. The highest BCUT2D eigenvalue weighted by atomic mass is 16.4. The number of carboxylic acid groups (broad SMARTS) is 1. The minimum atomic E-state index is -0.907. The van der Waals surface area contributed by atoms with Crippen molar-refractivity contribution in [2.75, 3.05) is 0 Å². The van der Waals surface area contributed by atoms with Crippen molar-refractivity contribution in [2.45, 2.75) is 81.3 Å². The summed E-state index contributed by atoms with van der Waals surface area (Å²) in [6, 6.07) is 0. The van der Waals surface area contributed by atoms with Crippen molar-refractivity contribution in [2.24, 2.45) is 5.41 Å². The largest absolute Gasteiger partial charge is 0.478 e. The molecule has 2 N–H and O–H groups in total. The maximum Gasteiger partial charge on any atom is 0.331 e. The van der Waals surface area contributed by atoms with Crippen molar-refractivity contribution in [1.82, 2.24) is 0 Å². The molecule has 0 heterocycles. The summed E-state index contributed by atoms with van der Waals surface area (Å²) >= 11 is 0. The third-order valence-corrected chi connectivity index (χ3v) is 7.32. The molecule has 1 rings (SSSR count). The van der Waals surface area contributed by atoms with Crippen LogP contribution in [0, 0.1) is 5.41 Å². The van der Waals surface area contributed by atoms with Gasteiger partial charge in [0, 0.05) is 11.0 Å². The molecule has 43 heavy (non-hydrogen) atoms. The van der Waals surface area contributed by atoms with Crippen LogP contribution in [0.5, 0.6) is 0 Å². The zero-order valence-corrected chi connectivity index (χ0v) is 27.7. The second-order valence-electron chi connectivity index (χ2n) is 11.8. The molecule has 230 valence electrons. The molecular weight excluding hydrogens is 528 g/mol. The van der Waals surface area contributed by atoms with Crippen LogP contribution in [0.1, 0.15) is 75.2 Å². The molecule has 3 nitrogen and oxygen atoms in total. The Morgan fingerprint density at radius 1 is 0.651 bits per heavy atom. The topological polar surface area (TPSA) is 57.5 Å². The Balaban J connectivity index is 2.64. The summed E-state index contributed by atoms with van der Waals surface area (Å²) in [4.78, 5) is 10.8. The zero-order valence-electron chi connectivity index (χ0n) is 27.7. The molecular formula is C40H52O3. The summed E-state index contributed by atoms with van der Waals surface area (Å²) in [7, 11) is 0. The minimum Gasteiger partial charge on any atom is -0.478 e. The van der Waals surface area contributed by atoms with Crippen LogP contribution in [-0.4, -0.2) is 22.3 Å². The number of hydrogen-bond donors (Lipinski definition) is 2. The molecule has 0 radical (unpaired) electrons. The number of allylic oxidation sites excluding steroid dienone is 24. The smallest absolute Gasteiger partial charge is 0.331 e. The van der Waals surface area contributed by atoms with Gasteiger partial charge in [-0.05, 0) is 66.9 Å². The van der Waals surface area contributed by atoms with E-state index in [1.807, 2.05) is 56.4 Å². The fraction of sp³-hybridized carbons (Fsp3) is 0.325. The maximum atomic E-state index is 10.8. The molecule has 0 saturated heterocycles. The number of carboxylic acids is 1. The Morgan fingerprint density at radius 3 is 1.44 bits per heavy atom. The number of hydrogen-bond acceptors (Lipinski definition) is 2. The van der Waals surface area contributed by atoms with Gasteiger partial charge in [-0.2, -0.15) is 0 Å². The van der Waals surface area contributed by atoms with Gasteiger partial charge in [-0.25, -0.2) is 4.79 Å². The molecule has 0 fully saturated rings. The van der Waals surface area contributed by atoms with Crippen molar-refractivity contribution >= 4 is 5.97 Å². The lowest BCUT2D eigenvalue weighted by Crippen LogP contribution is -2.34. The molecule has 0 aromatic heterocycles. The molecule has 1 atom stereocenters. The highest BCUT2D eigenvalue weighted by molar-refractivity contribution is 5.86. The number of aliphatic hydroxyl groups is 1. The Bertz CT molecular complexity index is 1370. The first-order valence-electron chi connectivity index (χ1n) is 15.0. The summed E-state index contributed by atoms with van der Waals surface area (Å²) in [5.41, 5.74) is 8.36. The lowest BCUT2D eigenvalue weighted by molar-refractivity contribution is -0.132. The van der Waals surface area contributed by atoms with Crippen LogP contribution < -0.4 is 0 Å². The fourth-order valence-electron chi connectivity index (χ4n) is 4.31. The molecule has 0 aliphatic heterocycles. The second kappa shape index (κ2) is 19.3. The van der Waals surface area contributed by atoms with Gasteiger partial charge in [-0.3, -0.25) is 0 Å². The predicted molar refractivity (Wildman–Crippen MR) is 187 cm³/mol.